The molecule has 3 unspecified atom stereocenters. The number of carbonyl (C=O) groups excluding carboxylic acids is 1. The monoisotopic (exact) mass is 290 g/mol. The van der Waals surface area contributed by atoms with Crippen LogP contribution in [0, 0.1) is 17.8 Å². The van der Waals surface area contributed by atoms with Crippen molar-refractivity contribution in [3.05, 3.63) is 11.6 Å². The van der Waals surface area contributed by atoms with Crippen LogP contribution in [0.3, 0.4) is 0 Å². The van der Waals surface area contributed by atoms with Crippen LogP contribution in [-0.4, -0.2) is 25.5 Å². The number of amides is 1. The number of carbonyl (C=O) groups is 1. The molecule has 0 radical (unpaired) electrons. The van der Waals surface area contributed by atoms with Crippen LogP contribution in [0.25, 0.3) is 0 Å². The van der Waals surface area contributed by atoms with Gasteiger partial charge in [0.2, 0.25) is 5.91 Å². The lowest BCUT2D eigenvalue weighted by molar-refractivity contribution is -0.127. The molecule has 3 rings (SSSR count). The van der Waals surface area contributed by atoms with Gasteiger partial charge in [-0.2, -0.15) is 0 Å². The van der Waals surface area contributed by atoms with Gasteiger partial charge in [0, 0.05) is 19.0 Å². The Labute approximate surface area is 128 Å². The Morgan fingerprint density at radius 1 is 1.19 bits per heavy atom. The van der Waals surface area contributed by atoms with Gasteiger partial charge >= 0.3 is 0 Å². The van der Waals surface area contributed by atoms with Crippen molar-refractivity contribution in [1.82, 2.24) is 10.6 Å². The van der Waals surface area contributed by atoms with E-state index < -0.39 is 0 Å². The maximum absolute atomic E-state index is 12.4. The Balaban J connectivity index is 1.40. The third-order valence-corrected chi connectivity index (χ3v) is 5.81. The number of hydrogen-bond acceptors (Lipinski definition) is 2. The SMILES string of the molecule is O=C(NCCC1=CCNCC1)C1CCC2CCCCC2C1. The second-order valence-corrected chi connectivity index (χ2v) is 7.17. The second kappa shape index (κ2) is 7.44. The zero-order valence-electron chi connectivity index (χ0n) is 13.2. The van der Waals surface area contributed by atoms with Crippen LogP contribution in [-0.2, 0) is 4.79 Å². The minimum Gasteiger partial charge on any atom is -0.356 e. The van der Waals surface area contributed by atoms with Crippen molar-refractivity contribution in [2.24, 2.45) is 17.8 Å². The Bertz CT molecular complexity index is 391. The van der Waals surface area contributed by atoms with E-state index in [1.54, 1.807) is 0 Å². The molecule has 2 N–H and O–H groups in total. The van der Waals surface area contributed by atoms with Gasteiger partial charge in [0.05, 0.1) is 0 Å². The molecule has 0 spiro atoms. The summed E-state index contributed by atoms with van der Waals surface area (Å²) in [5, 5.41) is 6.52. The van der Waals surface area contributed by atoms with Gasteiger partial charge in [0.25, 0.3) is 0 Å². The second-order valence-electron chi connectivity index (χ2n) is 7.17. The summed E-state index contributed by atoms with van der Waals surface area (Å²) in [5.74, 6) is 2.40. The molecule has 2 fully saturated rings. The molecule has 21 heavy (non-hydrogen) atoms. The molecule has 2 aliphatic carbocycles. The molecule has 1 amide bonds. The molecule has 1 aliphatic heterocycles. The third-order valence-electron chi connectivity index (χ3n) is 5.81. The summed E-state index contributed by atoms with van der Waals surface area (Å²) in [5.41, 5.74) is 1.50. The van der Waals surface area contributed by atoms with Crippen LogP contribution in [0.2, 0.25) is 0 Å². The van der Waals surface area contributed by atoms with Gasteiger partial charge < -0.3 is 10.6 Å². The van der Waals surface area contributed by atoms with E-state index in [2.05, 4.69) is 16.7 Å². The fraction of sp³-hybridized carbons (Fsp3) is 0.833. The Morgan fingerprint density at radius 2 is 2.05 bits per heavy atom. The topological polar surface area (TPSA) is 41.1 Å². The van der Waals surface area contributed by atoms with Crippen LogP contribution >= 0.6 is 0 Å². The predicted molar refractivity (Wildman–Crippen MR) is 86.0 cm³/mol. The number of fused-ring (bicyclic) bond motifs is 1. The molecule has 1 heterocycles. The molecular weight excluding hydrogens is 260 g/mol. The number of hydrogen-bond donors (Lipinski definition) is 2. The summed E-state index contributed by atoms with van der Waals surface area (Å²) in [6, 6.07) is 0. The number of rotatable bonds is 4. The molecule has 118 valence electrons. The van der Waals surface area contributed by atoms with Gasteiger partial charge in [-0.15, -0.1) is 0 Å². The maximum Gasteiger partial charge on any atom is 0.223 e. The Hall–Kier alpha value is -0.830. The summed E-state index contributed by atoms with van der Waals surface area (Å²) in [6.45, 7) is 2.91. The van der Waals surface area contributed by atoms with Crippen molar-refractivity contribution < 1.29 is 4.79 Å². The van der Waals surface area contributed by atoms with Crippen LogP contribution in [0.15, 0.2) is 11.6 Å². The normalized spacial score (nSPS) is 33.0. The van der Waals surface area contributed by atoms with Gasteiger partial charge in [0.15, 0.2) is 0 Å². The lowest BCUT2D eigenvalue weighted by atomic mass is 9.67. The summed E-state index contributed by atoms with van der Waals surface area (Å²) < 4.78 is 0. The highest BCUT2D eigenvalue weighted by molar-refractivity contribution is 5.78. The van der Waals surface area contributed by atoms with Gasteiger partial charge in [-0.25, -0.2) is 0 Å². The molecular formula is C18H30N2O. The van der Waals surface area contributed by atoms with Gasteiger partial charge in [0.1, 0.15) is 0 Å². The predicted octanol–water partition coefficient (Wildman–Crippen LogP) is 3.02. The average Bonchev–Trinajstić information content (AvgIpc) is 2.55. The lowest BCUT2D eigenvalue weighted by Gasteiger charge is -2.38. The highest BCUT2D eigenvalue weighted by atomic mass is 16.1. The number of nitrogens with one attached hydrogen (secondary N) is 2. The van der Waals surface area contributed by atoms with E-state index in [1.165, 1.54) is 37.7 Å². The minimum absolute atomic E-state index is 0.298. The van der Waals surface area contributed by atoms with Crippen LogP contribution in [0.4, 0.5) is 0 Å². The molecule has 3 atom stereocenters. The summed E-state index contributed by atoms with van der Waals surface area (Å²) in [7, 11) is 0. The highest BCUT2D eigenvalue weighted by Gasteiger charge is 2.34. The first-order valence-electron chi connectivity index (χ1n) is 8.99. The van der Waals surface area contributed by atoms with Crippen molar-refractivity contribution in [2.75, 3.05) is 19.6 Å². The van der Waals surface area contributed by atoms with E-state index in [9.17, 15) is 4.79 Å². The molecule has 3 aliphatic rings. The Kier molecular flexibility index (Phi) is 5.34. The van der Waals surface area contributed by atoms with Crippen molar-refractivity contribution >= 4 is 5.91 Å². The quantitative estimate of drug-likeness (QED) is 0.781. The average molecular weight is 290 g/mol. The van der Waals surface area contributed by atoms with Crippen molar-refractivity contribution in [3.63, 3.8) is 0 Å². The van der Waals surface area contributed by atoms with Crippen molar-refractivity contribution in [2.45, 2.75) is 57.8 Å². The molecule has 0 bridgehead atoms. The first-order valence-corrected chi connectivity index (χ1v) is 8.99. The first kappa shape index (κ1) is 15.1. The summed E-state index contributed by atoms with van der Waals surface area (Å²) in [6.07, 6.45) is 13.6. The smallest absolute Gasteiger partial charge is 0.223 e. The summed E-state index contributed by atoms with van der Waals surface area (Å²) in [4.78, 5) is 12.4. The molecule has 0 aromatic carbocycles. The molecule has 0 aromatic heterocycles. The molecule has 0 saturated heterocycles. The fourth-order valence-electron chi connectivity index (χ4n) is 4.50. The van der Waals surface area contributed by atoms with E-state index in [0.29, 0.717) is 11.8 Å². The molecule has 3 nitrogen and oxygen atoms in total. The van der Waals surface area contributed by atoms with Gasteiger partial charge in [-0.3, -0.25) is 4.79 Å². The van der Waals surface area contributed by atoms with E-state index in [4.69, 9.17) is 0 Å². The summed E-state index contributed by atoms with van der Waals surface area (Å²) >= 11 is 0. The van der Waals surface area contributed by atoms with Crippen molar-refractivity contribution in [3.8, 4) is 0 Å². The lowest BCUT2D eigenvalue weighted by Crippen LogP contribution is -2.37. The van der Waals surface area contributed by atoms with Crippen LogP contribution in [0.5, 0.6) is 0 Å². The van der Waals surface area contributed by atoms with Crippen molar-refractivity contribution in [1.29, 1.82) is 0 Å². The highest BCUT2D eigenvalue weighted by Crippen LogP contribution is 2.42. The zero-order valence-corrected chi connectivity index (χ0v) is 13.2. The zero-order chi connectivity index (χ0) is 14.5. The molecule has 2 saturated carbocycles. The van der Waals surface area contributed by atoms with E-state index in [-0.39, 0.29) is 0 Å². The molecule has 0 aromatic rings. The largest absolute Gasteiger partial charge is 0.356 e. The van der Waals surface area contributed by atoms with Crippen LogP contribution < -0.4 is 10.6 Å². The third kappa shape index (κ3) is 4.09. The maximum atomic E-state index is 12.4. The molecule has 3 heteroatoms. The van der Waals surface area contributed by atoms with E-state index in [1.807, 2.05) is 0 Å². The van der Waals surface area contributed by atoms with Crippen LogP contribution in [0.1, 0.15) is 57.8 Å². The van der Waals surface area contributed by atoms with E-state index in [0.717, 1.165) is 57.2 Å². The van der Waals surface area contributed by atoms with Gasteiger partial charge in [-0.1, -0.05) is 37.3 Å². The standard InChI is InChI=1S/C18H30N2O/c21-18(20-12-9-14-7-10-19-11-8-14)17-6-5-15-3-1-2-4-16(15)13-17/h7,15-17,19H,1-6,8-13H2,(H,20,21). The minimum atomic E-state index is 0.298. The first-order chi connectivity index (χ1) is 10.3. The van der Waals surface area contributed by atoms with E-state index >= 15 is 0 Å². The fourth-order valence-corrected chi connectivity index (χ4v) is 4.50. The van der Waals surface area contributed by atoms with Gasteiger partial charge in [-0.05, 0) is 50.5 Å². The Morgan fingerprint density at radius 3 is 2.86 bits per heavy atom.